The summed E-state index contributed by atoms with van der Waals surface area (Å²) in [6.45, 7) is 1.89. The highest BCUT2D eigenvalue weighted by atomic mass is 16.2. The fourth-order valence-electron chi connectivity index (χ4n) is 1.86. The lowest BCUT2D eigenvalue weighted by molar-refractivity contribution is -0.134. The van der Waals surface area contributed by atoms with Crippen LogP contribution in [0.3, 0.4) is 0 Å². The van der Waals surface area contributed by atoms with Crippen LogP contribution in [0.15, 0.2) is 24.3 Å². The van der Waals surface area contributed by atoms with Gasteiger partial charge in [0.05, 0.1) is 0 Å². The van der Waals surface area contributed by atoms with Gasteiger partial charge in [0.25, 0.3) is 5.91 Å². The number of hydrogen-bond acceptors (Lipinski definition) is 3. The minimum atomic E-state index is -0.629. The van der Waals surface area contributed by atoms with E-state index in [1.54, 1.807) is 18.2 Å². The van der Waals surface area contributed by atoms with Gasteiger partial charge in [-0.1, -0.05) is 17.7 Å². The van der Waals surface area contributed by atoms with Gasteiger partial charge in [-0.05, 0) is 25.5 Å². The minimum Gasteiger partial charge on any atom is -0.340 e. The molecule has 1 fully saturated rings. The molecule has 1 aliphatic heterocycles. The SMILES string of the molecule is Cc1cccc(C(=O)N[C@@H]2CCC(=O)NC2=O)c1. The molecule has 1 heterocycles. The Kier molecular flexibility index (Phi) is 3.41. The van der Waals surface area contributed by atoms with E-state index in [0.29, 0.717) is 12.0 Å². The van der Waals surface area contributed by atoms with Gasteiger partial charge in [-0.3, -0.25) is 19.7 Å². The lowest BCUT2D eigenvalue weighted by Gasteiger charge is -2.21. The molecule has 1 saturated heterocycles. The Morgan fingerprint density at radius 2 is 2.17 bits per heavy atom. The Morgan fingerprint density at radius 3 is 2.83 bits per heavy atom. The monoisotopic (exact) mass is 246 g/mol. The standard InChI is InChI=1S/C13H14N2O3/c1-8-3-2-4-9(7-8)12(17)14-10-5-6-11(16)15-13(10)18/h2-4,7,10H,5-6H2,1H3,(H,14,17)(H,15,16,18)/t10-/m1/s1. The first kappa shape index (κ1) is 12.3. The quantitative estimate of drug-likeness (QED) is 0.747. The highest BCUT2D eigenvalue weighted by molar-refractivity contribution is 6.03. The molecule has 0 aromatic heterocycles. The van der Waals surface area contributed by atoms with Gasteiger partial charge in [0.1, 0.15) is 6.04 Å². The summed E-state index contributed by atoms with van der Waals surface area (Å²) in [6, 6.07) is 6.49. The molecule has 5 nitrogen and oxygen atoms in total. The van der Waals surface area contributed by atoms with Gasteiger partial charge < -0.3 is 5.32 Å². The molecular formula is C13H14N2O3. The molecule has 0 spiro atoms. The van der Waals surface area contributed by atoms with Crippen molar-refractivity contribution in [2.75, 3.05) is 0 Å². The molecule has 0 aliphatic carbocycles. The second kappa shape index (κ2) is 5.00. The van der Waals surface area contributed by atoms with Crippen molar-refractivity contribution in [1.29, 1.82) is 0 Å². The van der Waals surface area contributed by atoms with Crippen LogP contribution in [0.1, 0.15) is 28.8 Å². The summed E-state index contributed by atoms with van der Waals surface area (Å²) in [5.41, 5.74) is 1.49. The molecular weight excluding hydrogens is 232 g/mol. The molecule has 2 N–H and O–H groups in total. The van der Waals surface area contributed by atoms with Crippen LogP contribution in [0.4, 0.5) is 0 Å². The van der Waals surface area contributed by atoms with E-state index in [0.717, 1.165) is 5.56 Å². The molecule has 1 aromatic rings. The van der Waals surface area contributed by atoms with E-state index in [2.05, 4.69) is 10.6 Å². The number of benzene rings is 1. The van der Waals surface area contributed by atoms with Crippen molar-refractivity contribution in [3.8, 4) is 0 Å². The van der Waals surface area contributed by atoms with E-state index in [1.807, 2.05) is 13.0 Å². The van der Waals surface area contributed by atoms with E-state index < -0.39 is 11.9 Å². The maximum atomic E-state index is 11.9. The fourth-order valence-corrected chi connectivity index (χ4v) is 1.86. The zero-order valence-corrected chi connectivity index (χ0v) is 10.0. The van der Waals surface area contributed by atoms with Crippen LogP contribution in [0, 0.1) is 6.92 Å². The largest absolute Gasteiger partial charge is 0.340 e. The van der Waals surface area contributed by atoms with Crippen LogP contribution >= 0.6 is 0 Å². The number of imide groups is 1. The average Bonchev–Trinajstić information content (AvgIpc) is 2.32. The van der Waals surface area contributed by atoms with Gasteiger partial charge in [0, 0.05) is 12.0 Å². The molecule has 0 saturated carbocycles. The molecule has 2 rings (SSSR count). The van der Waals surface area contributed by atoms with E-state index in [1.165, 1.54) is 0 Å². The number of rotatable bonds is 2. The predicted octanol–water partition coefficient (Wildman–Crippen LogP) is 0.530. The molecule has 18 heavy (non-hydrogen) atoms. The molecule has 1 atom stereocenters. The van der Waals surface area contributed by atoms with E-state index >= 15 is 0 Å². The summed E-state index contributed by atoms with van der Waals surface area (Å²) in [7, 11) is 0. The number of nitrogens with one attached hydrogen (secondary N) is 2. The van der Waals surface area contributed by atoms with Crippen molar-refractivity contribution in [3.63, 3.8) is 0 Å². The van der Waals surface area contributed by atoms with E-state index in [9.17, 15) is 14.4 Å². The first-order valence-electron chi connectivity index (χ1n) is 5.77. The second-order valence-corrected chi connectivity index (χ2v) is 4.35. The van der Waals surface area contributed by atoms with Crippen LogP contribution in [-0.2, 0) is 9.59 Å². The Bertz CT molecular complexity index is 511. The zero-order chi connectivity index (χ0) is 13.1. The first-order valence-corrected chi connectivity index (χ1v) is 5.77. The number of piperidine rings is 1. The smallest absolute Gasteiger partial charge is 0.251 e. The molecule has 0 radical (unpaired) electrons. The average molecular weight is 246 g/mol. The Labute approximate surface area is 105 Å². The van der Waals surface area contributed by atoms with Gasteiger partial charge in [-0.15, -0.1) is 0 Å². The number of carbonyl (C=O) groups excluding carboxylic acids is 3. The molecule has 94 valence electrons. The van der Waals surface area contributed by atoms with Gasteiger partial charge in [-0.25, -0.2) is 0 Å². The maximum Gasteiger partial charge on any atom is 0.251 e. The summed E-state index contributed by atoms with van der Waals surface area (Å²) >= 11 is 0. The van der Waals surface area contributed by atoms with Crippen molar-refractivity contribution in [2.45, 2.75) is 25.8 Å². The number of carbonyl (C=O) groups is 3. The number of amides is 3. The highest BCUT2D eigenvalue weighted by Crippen LogP contribution is 2.08. The third-order valence-corrected chi connectivity index (χ3v) is 2.82. The van der Waals surface area contributed by atoms with E-state index in [-0.39, 0.29) is 18.2 Å². The van der Waals surface area contributed by atoms with Gasteiger partial charge in [0.15, 0.2) is 0 Å². The van der Waals surface area contributed by atoms with Gasteiger partial charge >= 0.3 is 0 Å². The van der Waals surface area contributed by atoms with Crippen molar-refractivity contribution in [1.82, 2.24) is 10.6 Å². The van der Waals surface area contributed by atoms with Crippen LogP contribution in [-0.4, -0.2) is 23.8 Å². The summed E-state index contributed by atoms with van der Waals surface area (Å²) in [6.07, 6.45) is 0.604. The van der Waals surface area contributed by atoms with E-state index in [4.69, 9.17) is 0 Å². The normalized spacial score (nSPS) is 19.3. The first-order chi connectivity index (χ1) is 8.56. The molecule has 1 aromatic carbocycles. The Hall–Kier alpha value is -2.17. The predicted molar refractivity (Wildman–Crippen MR) is 64.8 cm³/mol. The molecule has 3 amide bonds. The summed E-state index contributed by atoms with van der Waals surface area (Å²) in [5, 5.41) is 4.83. The van der Waals surface area contributed by atoms with Gasteiger partial charge in [0.2, 0.25) is 11.8 Å². The van der Waals surface area contributed by atoms with Gasteiger partial charge in [-0.2, -0.15) is 0 Å². The summed E-state index contributed by atoms with van der Waals surface area (Å²) in [4.78, 5) is 34.4. The van der Waals surface area contributed by atoms with Crippen LogP contribution in [0.5, 0.6) is 0 Å². The Morgan fingerprint density at radius 1 is 1.39 bits per heavy atom. The van der Waals surface area contributed by atoms with Crippen LogP contribution in [0.25, 0.3) is 0 Å². The zero-order valence-electron chi connectivity index (χ0n) is 10.0. The Balaban J connectivity index is 2.03. The molecule has 0 unspecified atom stereocenters. The van der Waals surface area contributed by atoms with Crippen molar-refractivity contribution in [3.05, 3.63) is 35.4 Å². The van der Waals surface area contributed by atoms with Crippen LogP contribution in [0.2, 0.25) is 0 Å². The van der Waals surface area contributed by atoms with Crippen molar-refractivity contribution < 1.29 is 14.4 Å². The maximum absolute atomic E-state index is 11.9. The molecule has 5 heteroatoms. The van der Waals surface area contributed by atoms with Crippen molar-refractivity contribution in [2.24, 2.45) is 0 Å². The lowest BCUT2D eigenvalue weighted by Crippen LogP contribution is -2.52. The highest BCUT2D eigenvalue weighted by Gasteiger charge is 2.27. The number of hydrogen-bond donors (Lipinski definition) is 2. The third kappa shape index (κ3) is 2.74. The summed E-state index contributed by atoms with van der Waals surface area (Å²) < 4.78 is 0. The lowest BCUT2D eigenvalue weighted by atomic mass is 10.1. The number of aryl methyl sites for hydroxylation is 1. The topological polar surface area (TPSA) is 75.3 Å². The summed E-state index contributed by atoms with van der Waals surface area (Å²) in [5.74, 6) is -1.03. The minimum absolute atomic E-state index is 0.254. The van der Waals surface area contributed by atoms with Crippen molar-refractivity contribution >= 4 is 17.7 Å². The fraction of sp³-hybridized carbons (Fsp3) is 0.308. The van der Waals surface area contributed by atoms with Crippen LogP contribution < -0.4 is 10.6 Å². The molecule has 0 bridgehead atoms. The molecule has 1 aliphatic rings. The second-order valence-electron chi connectivity index (χ2n) is 4.35. The third-order valence-electron chi connectivity index (χ3n) is 2.82.